The molecule has 0 atom stereocenters. The van der Waals surface area contributed by atoms with E-state index in [1.807, 2.05) is 0 Å². The number of methoxy groups -OCH3 is 1. The summed E-state index contributed by atoms with van der Waals surface area (Å²) in [5.74, 6) is -1.26. The van der Waals surface area contributed by atoms with Crippen LogP contribution in [0.15, 0.2) is 54.6 Å². The second-order valence-corrected chi connectivity index (χ2v) is 10.7. The normalized spacial score (nSPS) is 11.3. The zero-order valence-electron chi connectivity index (χ0n) is 23.4. The predicted octanol–water partition coefficient (Wildman–Crippen LogP) is 5.61. The number of nitrogens with one attached hydrogen (secondary N) is 3. The lowest BCUT2D eigenvalue weighted by Gasteiger charge is -2.19. The Hall–Kier alpha value is -4.87. The average molecular weight is 552 g/mol. The summed E-state index contributed by atoms with van der Waals surface area (Å²) < 4.78 is 16.5. The molecule has 3 amide bonds. The Morgan fingerprint density at radius 2 is 1.12 bits per heavy atom. The third kappa shape index (κ3) is 8.58. The van der Waals surface area contributed by atoms with Gasteiger partial charge in [0.25, 0.3) is 5.91 Å². The molecule has 12 heteroatoms. The number of esters is 1. The molecule has 3 rings (SSSR count). The Balaban J connectivity index is 1.78. The maximum absolute atomic E-state index is 13.2. The fourth-order valence-corrected chi connectivity index (χ4v) is 3.30. The van der Waals surface area contributed by atoms with Gasteiger partial charge in [-0.25, -0.2) is 19.1 Å². The van der Waals surface area contributed by atoms with Gasteiger partial charge in [0.2, 0.25) is 0 Å². The van der Waals surface area contributed by atoms with E-state index in [1.54, 1.807) is 90.1 Å². The van der Waals surface area contributed by atoms with E-state index in [2.05, 4.69) is 21.0 Å². The van der Waals surface area contributed by atoms with Gasteiger partial charge in [0.15, 0.2) is 5.69 Å². The van der Waals surface area contributed by atoms with E-state index in [9.17, 15) is 19.2 Å². The van der Waals surface area contributed by atoms with Gasteiger partial charge in [-0.1, -0.05) is 0 Å². The molecule has 12 nitrogen and oxygen atoms in total. The minimum Gasteiger partial charge on any atom is -0.464 e. The number of hydrogen-bond acceptors (Lipinski definition) is 8. The first kappa shape index (κ1) is 29.7. The van der Waals surface area contributed by atoms with Gasteiger partial charge in [-0.05, 0) is 90.1 Å². The summed E-state index contributed by atoms with van der Waals surface area (Å²) in [6, 6.07) is 14.2. The Labute approximate surface area is 232 Å². The quantitative estimate of drug-likeness (QED) is 0.264. The molecule has 0 saturated heterocycles. The molecule has 0 unspecified atom stereocenters. The summed E-state index contributed by atoms with van der Waals surface area (Å²) in [6.07, 6.45) is -1.21. The van der Waals surface area contributed by atoms with Crippen molar-refractivity contribution in [2.75, 3.05) is 23.1 Å². The van der Waals surface area contributed by atoms with Gasteiger partial charge in [0.1, 0.15) is 16.9 Å². The Kier molecular flexibility index (Phi) is 8.82. The molecule has 212 valence electrons. The van der Waals surface area contributed by atoms with Gasteiger partial charge >= 0.3 is 18.2 Å². The topological polar surface area (TPSA) is 150 Å². The molecule has 3 N–H and O–H groups in total. The molecular formula is C28H33N5O7. The minimum absolute atomic E-state index is 0.0595. The third-order valence-electron chi connectivity index (χ3n) is 4.88. The molecule has 0 radical (unpaired) electrons. The average Bonchev–Trinajstić information content (AvgIpc) is 3.28. The molecule has 0 bridgehead atoms. The zero-order valence-corrected chi connectivity index (χ0v) is 23.4. The van der Waals surface area contributed by atoms with Crippen molar-refractivity contribution in [3.05, 3.63) is 66.0 Å². The van der Waals surface area contributed by atoms with Gasteiger partial charge in [0.05, 0.1) is 12.8 Å². The van der Waals surface area contributed by atoms with Crippen LogP contribution in [0, 0.1) is 0 Å². The molecule has 1 heterocycles. The highest BCUT2D eigenvalue weighted by atomic mass is 16.6. The van der Waals surface area contributed by atoms with Crippen LogP contribution in [0.3, 0.4) is 0 Å². The number of amides is 3. The molecule has 0 aliphatic rings. The van der Waals surface area contributed by atoms with Crippen LogP contribution in [0.4, 0.5) is 26.7 Å². The molecule has 40 heavy (non-hydrogen) atoms. The van der Waals surface area contributed by atoms with E-state index >= 15 is 0 Å². The van der Waals surface area contributed by atoms with Crippen molar-refractivity contribution >= 4 is 41.1 Å². The molecule has 0 spiro atoms. The summed E-state index contributed by atoms with van der Waals surface area (Å²) in [5, 5.41) is 12.2. The predicted molar refractivity (Wildman–Crippen MR) is 149 cm³/mol. The number of nitrogens with zero attached hydrogens (tertiary/aromatic N) is 2. The molecular weight excluding hydrogens is 518 g/mol. The Morgan fingerprint density at radius 3 is 1.55 bits per heavy atom. The highest BCUT2D eigenvalue weighted by Gasteiger charge is 2.22. The van der Waals surface area contributed by atoms with Gasteiger partial charge in [-0.3, -0.25) is 15.4 Å². The standard InChI is InChI=1S/C28H33N5O7/c1-27(2,3)39-25(36)30-18-10-8-17(9-11-18)29-23(34)22-16-21(24(35)38-7)32-33(22)20-14-12-19(13-15-20)31-26(37)40-28(4,5)6/h8-16H,1-7H3,(H,29,34)(H,30,36)(H,31,37). The SMILES string of the molecule is COC(=O)c1cc(C(=O)Nc2ccc(NC(=O)OC(C)(C)C)cc2)n(-c2ccc(NC(=O)OC(C)(C)C)cc2)n1. The fraction of sp³-hybridized carbons (Fsp3) is 0.321. The fourth-order valence-electron chi connectivity index (χ4n) is 3.30. The van der Waals surface area contributed by atoms with E-state index < -0.39 is 35.3 Å². The highest BCUT2D eigenvalue weighted by Crippen LogP contribution is 2.20. The van der Waals surface area contributed by atoms with Crippen LogP contribution in [0.5, 0.6) is 0 Å². The number of benzene rings is 2. The van der Waals surface area contributed by atoms with Crippen molar-refractivity contribution in [3.8, 4) is 5.69 Å². The summed E-state index contributed by atoms with van der Waals surface area (Å²) in [7, 11) is 1.21. The Bertz CT molecular complexity index is 1380. The number of carbonyl (C=O) groups is 4. The molecule has 0 fully saturated rings. The molecule has 1 aromatic heterocycles. The first-order valence-electron chi connectivity index (χ1n) is 12.3. The third-order valence-corrected chi connectivity index (χ3v) is 4.88. The van der Waals surface area contributed by atoms with Crippen LogP contribution in [-0.2, 0) is 14.2 Å². The van der Waals surface area contributed by atoms with Crippen molar-refractivity contribution in [2.24, 2.45) is 0 Å². The van der Waals surface area contributed by atoms with Crippen molar-refractivity contribution in [2.45, 2.75) is 52.7 Å². The van der Waals surface area contributed by atoms with E-state index in [1.165, 1.54) is 17.9 Å². The van der Waals surface area contributed by atoms with Gasteiger partial charge in [-0.15, -0.1) is 0 Å². The summed E-state index contributed by atoms with van der Waals surface area (Å²) in [4.78, 5) is 49.4. The van der Waals surface area contributed by atoms with Gasteiger partial charge in [-0.2, -0.15) is 5.10 Å². The van der Waals surface area contributed by atoms with E-state index in [4.69, 9.17) is 14.2 Å². The van der Waals surface area contributed by atoms with Crippen LogP contribution in [0.1, 0.15) is 62.5 Å². The maximum Gasteiger partial charge on any atom is 0.412 e. The first-order chi connectivity index (χ1) is 18.6. The lowest BCUT2D eigenvalue weighted by atomic mass is 10.2. The van der Waals surface area contributed by atoms with Crippen molar-refractivity contribution in [3.63, 3.8) is 0 Å². The molecule has 3 aromatic rings. The largest absolute Gasteiger partial charge is 0.464 e. The number of hydrogen-bond donors (Lipinski definition) is 3. The van der Waals surface area contributed by atoms with Gasteiger partial charge in [0, 0.05) is 23.1 Å². The summed E-state index contributed by atoms with van der Waals surface area (Å²) in [5.41, 5.74) is 0.523. The van der Waals surface area contributed by atoms with Crippen molar-refractivity contribution < 1.29 is 33.4 Å². The van der Waals surface area contributed by atoms with Crippen LogP contribution in [-0.4, -0.2) is 52.2 Å². The van der Waals surface area contributed by atoms with Crippen LogP contribution in [0.25, 0.3) is 5.69 Å². The Morgan fingerprint density at radius 1 is 0.700 bits per heavy atom. The lowest BCUT2D eigenvalue weighted by Crippen LogP contribution is -2.27. The van der Waals surface area contributed by atoms with Crippen molar-refractivity contribution in [1.29, 1.82) is 0 Å². The van der Waals surface area contributed by atoms with Crippen LogP contribution >= 0.6 is 0 Å². The van der Waals surface area contributed by atoms with E-state index in [0.29, 0.717) is 22.7 Å². The molecule has 0 aliphatic heterocycles. The first-order valence-corrected chi connectivity index (χ1v) is 12.3. The monoisotopic (exact) mass is 551 g/mol. The molecule has 0 aliphatic carbocycles. The number of ether oxygens (including phenoxy) is 3. The van der Waals surface area contributed by atoms with Crippen molar-refractivity contribution in [1.82, 2.24) is 9.78 Å². The summed E-state index contributed by atoms with van der Waals surface area (Å²) >= 11 is 0. The van der Waals surface area contributed by atoms with Crippen LogP contribution in [0.2, 0.25) is 0 Å². The zero-order chi connectivity index (χ0) is 29.7. The number of rotatable bonds is 6. The molecule has 2 aromatic carbocycles. The second kappa shape index (κ2) is 11.9. The number of carbonyl (C=O) groups excluding carboxylic acids is 4. The second-order valence-electron chi connectivity index (χ2n) is 10.7. The van der Waals surface area contributed by atoms with Crippen LogP contribution < -0.4 is 16.0 Å². The maximum atomic E-state index is 13.2. The van der Waals surface area contributed by atoms with E-state index in [-0.39, 0.29) is 11.4 Å². The minimum atomic E-state index is -0.714. The smallest absolute Gasteiger partial charge is 0.412 e. The lowest BCUT2D eigenvalue weighted by molar-refractivity contribution is 0.0590. The number of aromatic nitrogens is 2. The number of anilines is 3. The van der Waals surface area contributed by atoms with E-state index in [0.717, 1.165) is 0 Å². The highest BCUT2D eigenvalue weighted by molar-refractivity contribution is 6.05. The van der Waals surface area contributed by atoms with Gasteiger partial charge < -0.3 is 19.5 Å². The molecule has 0 saturated carbocycles. The summed E-state index contributed by atoms with van der Waals surface area (Å²) in [6.45, 7) is 10.6.